The van der Waals surface area contributed by atoms with E-state index in [1.165, 1.54) is 23.1 Å². The summed E-state index contributed by atoms with van der Waals surface area (Å²) in [4.78, 5) is 26.2. The number of esters is 1. The van der Waals surface area contributed by atoms with Crippen LogP contribution in [0.4, 0.5) is 18.9 Å². The van der Waals surface area contributed by atoms with Crippen LogP contribution in [-0.4, -0.2) is 18.0 Å². The molecule has 0 fully saturated rings. The van der Waals surface area contributed by atoms with Crippen LogP contribution in [0.1, 0.15) is 45.9 Å². The van der Waals surface area contributed by atoms with E-state index in [9.17, 15) is 22.8 Å². The molecule has 28 heavy (non-hydrogen) atoms. The number of ether oxygens (including phenoxy) is 1. The Kier molecular flexibility index (Phi) is 5.79. The number of hydrogen-bond acceptors (Lipinski definition) is 4. The summed E-state index contributed by atoms with van der Waals surface area (Å²) in [6, 6.07) is 5.90. The molecule has 1 amide bonds. The minimum atomic E-state index is -4.44. The van der Waals surface area contributed by atoms with Gasteiger partial charge in [-0.3, -0.25) is 4.79 Å². The van der Waals surface area contributed by atoms with E-state index in [1.807, 2.05) is 6.07 Å². The molecule has 4 nitrogen and oxygen atoms in total. The number of aryl methyl sites for hydroxylation is 1. The number of hydrogen-bond donors (Lipinski definition) is 1. The first kappa shape index (κ1) is 20.4. The fourth-order valence-corrected chi connectivity index (χ4v) is 4.16. The molecule has 3 rings (SSSR count). The number of nitrogens with one attached hydrogen (secondary N) is 1. The van der Waals surface area contributed by atoms with Gasteiger partial charge in [0.2, 0.25) is 0 Å². The number of anilines is 1. The van der Waals surface area contributed by atoms with Crippen LogP contribution >= 0.6 is 11.3 Å². The third kappa shape index (κ3) is 4.73. The van der Waals surface area contributed by atoms with Crippen molar-refractivity contribution in [3.63, 3.8) is 0 Å². The molecule has 0 radical (unpaired) electrons. The number of carbonyl (C=O) groups is 2. The predicted molar refractivity (Wildman–Crippen MR) is 100 cm³/mol. The highest BCUT2D eigenvalue weighted by molar-refractivity contribution is 7.14. The van der Waals surface area contributed by atoms with E-state index in [0.29, 0.717) is 10.8 Å². The minimum Gasteiger partial charge on any atom is -0.448 e. The van der Waals surface area contributed by atoms with Gasteiger partial charge in [-0.15, -0.1) is 11.3 Å². The van der Waals surface area contributed by atoms with Crippen molar-refractivity contribution in [2.75, 3.05) is 5.32 Å². The maximum atomic E-state index is 12.6. The molecule has 0 spiro atoms. The van der Waals surface area contributed by atoms with E-state index >= 15 is 0 Å². The molecule has 1 heterocycles. The van der Waals surface area contributed by atoms with Crippen molar-refractivity contribution in [3.05, 3.63) is 51.2 Å². The van der Waals surface area contributed by atoms with Gasteiger partial charge in [-0.25, -0.2) is 4.79 Å². The zero-order valence-electron chi connectivity index (χ0n) is 15.4. The summed E-state index contributed by atoms with van der Waals surface area (Å²) >= 11 is 1.39. The lowest BCUT2D eigenvalue weighted by molar-refractivity contribution is -0.137. The quantitative estimate of drug-likeness (QED) is 0.714. The molecule has 0 unspecified atom stereocenters. The van der Waals surface area contributed by atoms with Crippen LogP contribution in [0.15, 0.2) is 30.3 Å². The van der Waals surface area contributed by atoms with Gasteiger partial charge in [-0.05, 0) is 68.0 Å². The van der Waals surface area contributed by atoms with Crippen LogP contribution in [0.3, 0.4) is 0 Å². The summed E-state index contributed by atoms with van der Waals surface area (Å²) in [7, 11) is 0. The molecule has 1 aromatic heterocycles. The molecule has 1 aromatic carbocycles. The lowest BCUT2D eigenvalue weighted by Crippen LogP contribution is -2.29. The van der Waals surface area contributed by atoms with Crippen LogP contribution in [0.5, 0.6) is 0 Å². The summed E-state index contributed by atoms with van der Waals surface area (Å²) in [5, 5.41) is 2.45. The number of amides is 1. The van der Waals surface area contributed by atoms with Crippen molar-refractivity contribution in [1.29, 1.82) is 0 Å². The average Bonchev–Trinajstić information content (AvgIpc) is 3.04. The van der Waals surface area contributed by atoms with E-state index in [1.54, 1.807) is 0 Å². The Balaban J connectivity index is 1.59. The first-order chi connectivity index (χ1) is 13.1. The summed E-state index contributed by atoms with van der Waals surface area (Å²) in [5.74, 6) is -0.593. The van der Waals surface area contributed by atoms with Gasteiger partial charge in [0.25, 0.3) is 5.91 Å². The highest BCUT2D eigenvalue weighted by atomic mass is 32.1. The fraction of sp³-hybridized carbons (Fsp3) is 0.400. The number of rotatable bonds is 4. The Bertz CT molecular complexity index is 874. The monoisotopic (exact) mass is 411 g/mol. The first-order valence-electron chi connectivity index (χ1n) is 8.94. The summed E-state index contributed by atoms with van der Waals surface area (Å²) in [6.45, 7) is 3.60. The number of fused-ring (bicyclic) bond motifs is 1. The van der Waals surface area contributed by atoms with E-state index in [-0.39, 0.29) is 5.69 Å². The van der Waals surface area contributed by atoms with Gasteiger partial charge in [-0.2, -0.15) is 13.2 Å². The largest absolute Gasteiger partial charge is 0.448 e. The number of halogens is 3. The lowest BCUT2D eigenvalue weighted by Gasteiger charge is -2.16. The molecule has 150 valence electrons. The molecule has 1 aliphatic rings. The highest BCUT2D eigenvalue weighted by Crippen LogP contribution is 2.33. The molecule has 1 aliphatic carbocycles. The molecular formula is C20H20F3NO3S. The second-order valence-corrected chi connectivity index (χ2v) is 8.16. The van der Waals surface area contributed by atoms with Gasteiger partial charge in [0.1, 0.15) is 4.88 Å². The summed E-state index contributed by atoms with van der Waals surface area (Å²) in [5.41, 5.74) is 0.556. The fourth-order valence-electron chi connectivity index (χ4n) is 3.06. The van der Waals surface area contributed by atoms with E-state index < -0.39 is 29.7 Å². The van der Waals surface area contributed by atoms with E-state index in [2.05, 4.69) is 12.2 Å². The number of carbonyl (C=O) groups excluding carboxylic acids is 2. The molecule has 0 aliphatic heterocycles. The van der Waals surface area contributed by atoms with Crippen molar-refractivity contribution in [2.45, 2.75) is 45.4 Å². The minimum absolute atomic E-state index is 0.196. The van der Waals surface area contributed by atoms with Crippen LogP contribution < -0.4 is 5.32 Å². The van der Waals surface area contributed by atoms with Crippen molar-refractivity contribution < 1.29 is 27.5 Å². The SMILES string of the molecule is C[C@H]1CCc2sc(C(=O)O[C@@H](C)C(=O)Nc3ccc(C(F)(F)F)cc3)cc2C1. The zero-order chi connectivity index (χ0) is 20.5. The van der Waals surface area contributed by atoms with Crippen LogP contribution in [0.25, 0.3) is 0 Å². The smallest absolute Gasteiger partial charge is 0.416 e. The molecule has 1 N–H and O–H groups in total. The molecule has 0 saturated heterocycles. The van der Waals surface area contributed by atoms with Crippen molar-refractivity contribution >= 4 is 28.9 Å². The number of alkyl halides is 3. The van der Waals surface area contributed by atoms with Gasteiger partial charge in [0.15, 0.2) is 6.10 Å². The van der Waals surface area contributed by atoms with Gasteiger partial charge in [0.05, 0.1) is 5.56 Å². The number of thiophene rings is 1. The summed E-state index contributed by atoms with van der Waals surface area (Å²) < 4.78 is 43.0. The second kappa shape index (κ2) is 7.95. The molecular weight excluding hydrogens is 391 g/mol. The standard InChI is InChI=1S/C20H20F3NO3S/c1-11-3-8-16-13(9-11)10-17(28-16)19(26)27-12(2)18(25)24-15-6-4-14(5-7-15)20(21,22)23/h4-7,10-12H,3,8-9H2,1-2H3,(H,24,25)/t11-,12-/m0/s1. The normalized spacial score (nSPS) is 17.5. The average molecular weight is 411 g/mol. The van der Waals surface area contributed by atoms with Gasteiger partial charge < -0.3 is 10.1 Å². The Hall–Kier alpha value is -2.35. The molecule has 0 bridgehead atoms. The van der Waals surface area contributed by atoms with Crippen molar-refractivity contribution in [2.24, 2.45) is 5.92 Å². The molecule has 2 atom stereocenters. The van der Waals surface area contributed by atoms with Crippen LogP contribution in [-0.2, 0) is 28.5 Å². The van der Waals surface area contributed by atoms with Crippen LogP contribution in [0, 0.1) is 5.92 Å². The first-order valence-corrected chi connectivity index (χ1v) is 9.76. The Morgan fingerprint density at radius 2 is 1.93 bits per heavy atom. The van der Waals surface area contributed by atoms with Gasteiger partial charge in [-0.1, -0.05) is 6.92 Å². The van der Waals surface area contributed by atoms with Crippen molar-refractivity contribution in [3.8, 4) is 0 Å². The topological polar surface area (TPSA) is 55.4 Å². The van der Waals surface area contributed by atoms with Gasteiger partial charge in [0, 0.05) is 10.6 Å². The maximum absolute atomic E-state index is 12.6. The number of benzene rings is 1. The van der Waals surface area contributed by atoms with E-state index in [4.69, 9.17) is 4.74 Å². The molecule has 2 aromatic rings. The molecule has 0 saturated carbocycles. The van der Waals surface area contributed by atoms with Gasteiger partial charge >= 0.3 is 12.1 Å². The predicted octanol–water partition coefficient (Wildman–Crippen LogP) is 5.08. The van der Waals surface area contributed by atoms with Crippen molar-refractivity contribution in [1.82, 2.24) is 0 Å². The third-order valence-corrected chi connectivity index (χ3v) is 5.88. The zero-order valence-corrected chi connectivity index (χ0v) is 16.2. The highest BCUT2D eigenvalue weighted by Gasteiger charge is 2.30. The Labute approximate surface area is 164 Å². The lowest BCUT2D eigenvalue weighted by atomic mass is 9.90. The third-order valence-electron chi connectivity index (χ3n) is 4.66. The molecule has 8 heteroatoms. The Morgan fingerprint density at radius 1 is 1.25 bits per heavy atom. The van der Waals surface area contributed by atoms with E-state index in [0.717, 1.165) is 49.1 Å². The second-order valence-electron chi connectivity index (χ2n) is 7.02. The summed E-state index contributed by atoms with van der Waals surface area (Å²) in [6.07, 6.45) is -2.55. The maximum Gasteiger partial charge on any atom is 0.416 e. The Morgan fingerprint density at radius 3 is 2.57 bits per heavy atom. The van der Waals surface area contributed by atoms with Crippen LogP contribution in [0.2, 0.25) is 0 Å².